The summed E-state index contributed by atoms with van der Waals surface area (Å²) in [4.78, 5) is 13.2. The number of rotatable bonds is 2. The number of hydrogen-bond acceptors (Lipinski definition) is 6. The number of nitrogens with zero attached hydrogens (tertiary/aromatic N) is 4. The number of hydrogen-bond donors (Lipinski definition) is 2. The van der Waals surface area contributed by atoms with Gasteiger partial charge < -0.3 is 11.5 Å². The van der Waals surface area contributed by atoms with Crippen molar-refractivity contribution < 1.29 is 24.3 Å². The molecule has 4 N–H and O–H groups in total. The smallest absolute Gasteiger partial charge is 0.397 e. The average molecular weight is 472 g/mol. The van der Waals surface area contributed by atoms with Crippen molar-refractivity contribution >= 4 is 11.4 Å². The Bertz CT molecular complexity index is 937. The van der Waals surface area contributed by atoms with Crippen molar-refractivity contribution in [2.45, 2.75) is 0 Å². The first kappa shape index (κ1) is 23.6. The average Bonchev–Trinajstić information content (AvgIpc) is 2.79. The molecule has 4 rings (SSSR count). The van der Waals surface area contributed by atoms with Crippen LogP contribution in [0.15, 0.2) is 91.3 Å². The molecule has 8 heteroatoms. The van der Waals surface area contributed by atoms with Crippen LogP contribution in [-0.4, -0.2) is 15.0 Å². The van der Waals surface area contributed by atoms with E-state index in [0.29, 0.717) is 11.4 Å². The fourth-order valence-electron chi connectivity index (χ4n) is 2.26. The second-order valence-electron chi connectivity index (χ2n) is 5.47. The number of nitrogen functional groups attached to an aromatic ring is 2. The van der Waals surface area contributed by atoms with Gasteiger partial charge in [-0.2, -0.15) is 0 Å². The Kier molecular flexibility index (Phi) is 10.5. The van der Waals surface area contributed by atoms with Gasteiger partial charge in [-0.15, -0.1) is 0 Å². The Morgan fingerprint density at radius 3 is 1.28 bits per heavy atom. The third-order valence-electron chi connectivity index (χ3n) is 3.60. The number of aromatic nitrogens is 3. The van der Waals surface area contributed by atoms with Gasteiger partial charge in [0.2, 0.25) is 0 Å². The molecule has 0 atom stereocenters. The number of pyridine rings is 3. The van der Waals surface area contributed by atoms with Gasteiger partial charge in [-0.05, 0) is 48.5 Å². The molecule has 0 aliphatic rings. The van der Waals surface area contributed by atoms with Gasteiger partial charge in [0, 0.05) is 12.4 Å². The third-order valence-corrected chi connectivity index (χ3v) is 3.60. The quantitative estimate of drug-likeness (QED) is 0.258. The molecular formula is C21H19N6ORu+3. The zero-order valence-corrected chi connectivity index (χ0v) is 17.1. The summed E-state index contributed by atoms with van der Waals surface area (Å²) >= 11 is 0. The number of para-hydroxylation sites is 2. The second kappa shape index (κ2) is 12.9. The molecule has 3 aromatic heterocycles. The van der Waals surface area contributed by atoms with Crippen LogP contribution < -0.4 is 11.5 Å². The number of anilines is 2. The molecule has 0 saturated heterocycles. The summed E-state index contributed by atoms with van der Waals surface area (Å²) in [5.41, 5.74) is 21.3. The Morgan fingerprint density at radius 2 is 0.931 bits per heavy atom. The Morgan fingerprint density at radius 1 is 0.552 bits per heavy atom. The van der Waals surface area contributed by atoms with Gasteiger partial charge in [0.1, 0.15) is 0 Å². The first-order valence-electron chi connectivity index (χ1n) is 8.32. The van der Waals surface area contributed by atoms with Gasteiger partial charge in [0.25, 0.3) is 0 Å². The number of nitrogens with two attached hydrogens (primary N) is 2. The van der Waals surface area contributed by atoms with Gasteiger partial charge >= 0.3 is 29.7 Å². The van der Waals surface area contributed by atoms with Crippen molar-refractivity contribution in [2.75, 3.05) is 11.5 Å². The summed E-state index contributed by atoms with van der Waals surface area (Å²) in [6.45, 7) is 0. The Hall–Kier alpha value is -3.44. The monoisotopic (exact) mass is 473 g/mol. The van der Waals surface area contributed by atoms with Gasteiger partial charge in [-0.1, -0.05) is 30.3 Å². The molecule has 144 valence electrons. The minimum Gasteiger partial charge on any atom is -0.397 e. The molecule has 0 radical (unpaired) electrons. The zero-order valence-electron chi connectivity index (χ0n) is 15.4. The van der Waals surface area contributed by atoms with Gasteiger partial charge in [-0.25, -0.2) is 4.98 Å². The molecule has 0 spiro atoms. The summed E-state index contributed by atoms with van der Waals surface area (Å²) in [5, 5.41) is 0. The molecule has 0 amide bonds. The van der Waals surface area contributed by atoms with E-state index in [1.54, 1.807) is 24.5 Å². The van der Waals surface area contributed by atoms with E-state index >= 15 is 0 Å². The summed E-state index contributed by atoms with van der Waals surface area (Å²) < 4.78 is 7.25. The van der Waals surface area contributed by atoms with Crippen LogP contribution in [0.3, 0.4) is 0 Å². The first-order valence-corrected chi connectivity index (χ1v) is 8.32. The molecule has 4 aromatic rings. The van der Waals surface area contributed by atoms with Crippen molar-refractivity contribution in [1.29, 1.82) is 5.46 Å². The van der Waals surface area contributed by atoms with Crippen molar-refractivity contribution in [3.63, 3.8) is 0 Å². The van der Waals surface area contributed by atoms with Crippen LogP contribution in [0.5, 0.6) is 0 Å². The summed E-state index contributed by atoms with van der Waals surface area (Å²) in [6, 6.07) is 24.7. The summed E-state index contributed by atoms with van der Waals surface area (Å²) in [5.74, 6) is 0. The predicted molar refractivity (Wildman–Crippen MR) is 108 cm³/mol. The van der Waals surface area contributed by atoms with Crippen molar-refractivity contribution in [1.82, 2.24) is 15.0 Å². The third kappa shape index (κ3) is 7.24. The largest absolute Gasteiger partial charge is 2.00 e. The van der Waals surface area contributed by atoms with E-state index in [9.17, 15) is 0 Å². The number of benzene rings is 1. The fourth-order valence-corrected chi connectivity index (χ4v) is 2.26. The first-order chi connectivity index (χ1) is 13.7. The van der Waals surface area contributed by atoms with Crippen LogP contribution in [0, 0.1) is 5.46 Å². The van der Waals surface area contributed by atoms with E-state index < -0.39 is 0 Å². The standard InChI is InChI=1S/C15H11N3.C6H8N2.NO.Ru/c1-3-10-16-12(6-1)14-8-5-9-15(18-14)13-7-2-4-11-17-13;7-5-3-1-2-4-6(5)8;1-2;/h1-11H;1-4H,7-8H2;;/q;;+1;+2. The van der Waals surface area contributed by atoms with E-state index in [-0.39, 0.29) is 19.5 Å². The van der Waals surface area contributed by atoms with Crippen LogP contribution in [0.2, 0.25) is 0 Å². The van der Waals surface area contributed by atoms with E-state index in [0.717, 1.165) is 22.8 Å². The van der Waals surface area contributed by atoms with Crippen molar-refractivity contribution in [3.05, 3.63) is 91.3 Å². The molecule has 0 aliphatic carbocycles. The molecule has 0 saturated carbocycles. The molecule has 0 unspecified atom stereocenters. The van der Waals surface area contributed by atoms with E-state index in [4.69, 9.17) is 21.7 Å². The molecule has 3 heterocycles. The molecule has 29 heavy (non-hydrogen) atoms. The van der Waals surface area contributed by atoms with Crippen LogP contribution in [0.4, 0.5) is 11.4 Å². The molecule has 0 fully saturated rings. The van der Waals surface area contributed by atoms with Crippen LogP contribution in [-0.2, 0) is 24.3 Å². The van der Waals surface area contributed by atoms with E-state index in [1.807, 2.05) is 66.7 Å². The maximum Gasteiger partial charge on any atom is 2.00 e. The second-order valence-corrected chi connectivity index (χ2v) is 5.47. The normalized spacial score (nSPS) is 8.90. The molecule has 1 aromatic carbocycles. The van der Waals surface area contributed by atoms with Crippen molar-refractivity contribution in [3.8, 4) is 22.8 Å². The maximum atomic E-state index is 7.25. The minimum atomic E-state index is 0. The zero-order chi connectivity index (χ0) is 20.2. The Balaban J connectivity index is 0.000000324. The van der Waals surface area contributed by atoms with Gasteiger partial charge in [-0.3, -0.25) is 9.97 Å². The van der Waals surface area contributed by atoms with Crippen LogP contribution >= 0.6 is 0 Å². The molecule has 0 bridgehead atoms. The van der Waals surface area contributed by atoms with Crippen LogP contribution in [0.25, 0.3) is 22.8 Å². The van der Waals surface area contributed by atoms with E-state index in [1.165, 1.54) is 0 Å². The summed E-state index contributed by atoms with van der Waals surface area (Å²) in [6.07, 6.45) is 3.54. The Labute approximate surface area is 181 Å². The van der Waals surface area contributed by atoms with Gasteiger partial charge in [0.15, 0.2) is 0 Å². The molecule has 7 nitrogen and oxygen atoms in total. The predicted octanol–water partition coefficient (Wildman–Crippen LogP) is 3.95. The topological polar surface area (TPSA) is 134 Å². The van der Waals surface area contributed by atoms with Crippen molar-refractivity contribution in [2.24, 2.45) is 0 Å². The maximum absolute atomic E-state index is 7.25. The SMILES string of the molecule is N#[O+].Nc1ccccc1N.[Ru+2].c1ccc(-c2cccc(-c3ccccn3)n2)nc1. The summed E-state index contributed by atoms with van der Waals surface area (Å²) in [7, 11) is 0. The molecule has 0 aliphatic heterocycles. The minimum absolute atomic E-state index is 0. The van der Waals surface area contributed by atoms with E-state index in [2.05, 4.69) is 15.0 Å². The van der Waals surface area contributed by atoms with Crippen LogP contribution in [0.1, 0.15) is 0 Å². The fraction of sp³-hybridized carbons (Fsp3) is 0. The molecular weight excluding hydrogens is 453 g/mol. The van der Waals surface area contributed by atoms with Gasteiger partial charge in [0.05, 0.1) is 34.2 Å².